The van der Waals surface area contributed by atoms with Crippen LogP contribution in [0.2, 0.25) is 0 Å². The monoisotopic (exact) mass is 525 g/mol. The highest BCUT2D eigenvalue weighted by molar-refractivity contribution is 14.0. The number of nitrogens with zero attached hydrogens (tertiary/aromatic N) is 4. The molecule has 3 rings (SSSR count). The third-order valence-corrected chi connectivity index (χ3v) is 5.35. The largest absolute Gasteiger partial charge is 0.352 e. The first kappa shape index (κ1) is 24.0. The van der Waals surface area contributed by atoms with E-state index in [4.69, 9.17) is 0 Å². The summed E-state index contributed by atoms with van der Waals surface area (Å²) in [6.45, 7) is 7.03. The Bertz CT molecular complexity index is 887. The molecule has 1 aliphatic rings. The van der Waals surface area contributed by atoms with Gasteiger partial charge in [0.2, 0.25) is 0 Å². The van der Waals surface area contributed by atoms with Gasteiger partial charge in [-0.3, -0.25) is 9.67 Å². The Morgan fingerprint density at radius 2 is 1.87 bits per heavy atom. The summed E-state index contributed by atoms with van der Waals surface area (Å²) >= 11 is 0. The quantitative estimate of drug-likeness (QED) is 0.318. The molecule has 0 unspecified atom stereocenters. The predicted octanol–water partition coefficient (Wildman–Crippen LogP) is 3.15. The normalized spacial score (nSPS) is 13.7. The van der Waals surface area contributed by atoms with E-state index in [2.05, 4.69) is 33.0 Å². The molecule has 0 bridgehead atoms. The van der Waals surface area contributed by atoms with Crippen molar-refractivity contribution in [1.82, 2.24) is 25.3 Å². The number of hydrogen-bond acceptors (Lipinski definition) is 3. The molecule has 0 saturated carbocycles. The SMILES string of the molecule is CN=C(NCc1cccc(NC(=O)N2CCCC2)c1)NCc1c(C)nn(C)c1C.I. The molecule has 1 fully saturated rings. The number of carbonyl (C=O) groups excluding carboxylic acids is 1. The van der Waals surface area contributed by atoms with Crippen LogP contribution in [0.4, 0.5) is 10.5 Å². The Hall–Kier alpha value is -2.30. The van der Waals surface area contributed by atoms with Crippen molar-refractivity contribution in [3.8, 4) is 0 Å². The molecule has 0 aliphatic carbocycles. The van der Waals surface area contributed by atoms with Gasteiger partial charge >= 0.3 is 6.03 Å². The first-order valence-corrected chi connectivity index (χ1v) is 10.1. The van der Waals surface area contributed by atoms with E-state index in [1.54, 1.807) is 7.05 Å². The molecule has 0 spiro atoms. The zero-order chi connectivity index (χ0) is 20.8. The van der Waals surface area contributed by atoms with Crippen molar-refractivity contribution >= 4 is 41.7 Å². The summed E-state index contributed by atoms with van der Waals surface area (Å²) in [6.07, 6.45) is 2.17. The van der Waals surface area contributed by atoms with Gasteiger partial charge in [0, 0.05) is 57.2 Å². The molecule has 9 heteroatoms. The lowest BCUT2D eigenvalue weighted by atomic mass is 10.2. The summed E-state index contributed by atoms with van der Waals surface area (Å²) in [5.74, 6) is 0.721. The number of aliphatic imine (C=N–C) groups is 1. The van der Waals surface area contributed by atoms with Crippen LogP contribution in [0.3, 0.4) is 0 Å². The molecule has 2 amide bonds. The second-order valence-electron chi connectivity index (χ2n) is 7.38. The summed E-state index contributed by atoms with van der Waals surface area (Å²) in [5, 5.41) is 14.1. The Balaban J connectivity index is 0.00000320. The molecule has 1 aromatic carbocycles. The number of aromatic nitrogens is 2. The van der Waals surface area contributed by atoms with Gasteiger partial charge in [0.15, 0.2) is 5.96 Å². The number of rotatable bonds is 5. The summed E-state index contributed by atoms with van der Waals surface area (Å²) in [4.78, 5) is 18.4. The highest BCUT2D eigenvalue weighted by atomic mass is 127. The van der Waals surface area contributed by atoms with Gasteiger partial charge in [0.05, 0.1) is 5.69 Å². The number of nitrogens with one attached hydrogen (secondary N) is 3. The maximum absolute atomic E-state index is 12.3. The van der Waals surface area contributed by atoms with Gasteiger partial charge in [0.25, 0.3) is 0 Å². The molecule has 1 aliphatic heterocycles. The zero-order valence-electron chi connectivity index (χ0n) is 18.2. The van der Waals surface area contributed by atoms with Crippen LogP contribution in [0.1, 0.15) is 35.4 Å². The molecule has 30 heavy (non-hydrogen) atoms. The molecule has 164 valence electrons. The molecule has 0 atom stereocenters. The van der Waals surface area contributed by atoms with Crippen molar-refractivity contribution in [2.24, 2.45) is 12.0 Å². The molecule has 3 N–H and O–H groups in total. The van der Waals surface area contributed by atoms with Crippen molar-refractivity contribution < 1.29 is 4.79 Å². The maximum atomic E-state index is 12.3. The lowest BCUT2D eigenvalue weighted by Gasteiger charge is -2.17. The highest BCUT2D eigenvalue weighted by Crippen LogP contribution is 2.14. The molecule has 1 aromatic heterocycles. The molecular weight excluding hydrogens is 493 g/mol. The summed E-state index contributed by atoms with van der Waals surface area (Å²) in [5.41, 5.74) is 5.23. The van der Waals surface area contributed by atoms with E-state index in [9.17, 15) is 4.79 Å². The van der Waals surface area contributed by atoms with Gasteiger partial charge in [-0.2, -0.15) is 5.10 Å². The second kappa shape index (κ2) is 11.2. The van der Waals surface area contributed by atoms with Crippen LogP contribution in [0.25, 0.3) is 0 Å². The van der Waals surface area contributed by atoms with Crippen LogP contribution in [-0.4, -0.2) is 46.8 Å². The third kappa shape index (κ3) is 6.10. The van der Waals surface area contributed by atoms with E-state index in [0.29, 0.717) is 13.1 Å². The van der Waals surface area contributed by atoms with Crippen LogP contribution in [0.5, 0.6) is 0 Å². The Kier molecular flexibility index (Phi) is 8.94. The number of hydrogen-bond donors (Lipinski definition) is 3. The number of likely N-dealkylation sites (tertiary alicyclic amines) is 1. The van der Waals surface area contributed by atoms with E-state index in [1.165, 1.54) is 5.56 Å². The van der Waals surface area contributed by atoms with Crippen LogP contribution < -0.4 is 16.0 Å². The fraction of sp³-hybridized carbons (Fsp3) is 0.476. The summed E-state index contributed by atoms with van der Waals surface area (Å²) in [7, 11) is 3.71. The lowest BCUT2D eigenvalue weighted by Crippen LogP contribution is -2.36. The molecule has 8 nitrogen and oxygen atoms in total. The fourth-order valence-electron chi connectivity index (χ4n) is 3.53. The maximum Gasteiger partial charge on any atom is 0.321 e. The smallest absolute Gasteiger partial charge is 0.321 e. The summed E-state index contributed by atoms with van der Waals surface area (Å²) < 4.78 is 1.89. The predicted molar refractivity (Wildman–Crippen MR) is 131 cm³/mol. The second-order valence-corrected chi connectivity index (χ2v) is 7.38. The van der Waals surface area contributed by atoms with E-state index in [-0.39, 0.29) is 30.0 Å². The molecule has 1 saturated heterocycles. The Labute approximate surface area is 195 Å². The van der Waals surface area contributed by atoms with Gasteiger partial charge < -0.3 is 20.9 Å². The van der Waals surface area contributed by atoms with E-state index < -0.39 is 0 Å². The van der Waals surface area contributed by atoms with E-state index in [0.717, 1.165) is 54.5 Å². The Morgan fingerprint density at radius 3 is 2.50 bits per heavy atom. The molecule has 2 aromatic rings. The minimum Gasteiger partial charge on any atom is -0.352 e. The first-order valence-electron chi connectivity index (χ1n) is 10.1. The van der Waals surface area contributed by atoms with Crippen molar-refractivity contribution in [3.63, 3.8) is 0 Å². The minimum atomic E-state index is -0.0210. The van der Waals surface area contributed by atoms with Crippen LogP contribution >= 0.6 is 24.0 Å². The number of halogens is 1. The van der Waals surface area contributed by atoms with E-state index in [1.807, 2.05) is 47.8 Å². The number of anilines is 1. The van der Waals surface area contributed by atoms with Crippen molar-refractivity contribution in [2.45, 2.75) is 39.8 Å². The topological polar surface area (TPSA) is 86.6 Å². The van der Waals surface area contributed by atoms with Gasteiger partial charge in [-0.25, -0.2) is 4.79 Å². The number of aryl methyl sites for hydroxylation is 2. The zero-order valence-corrected chi connectivity index (χ0v) is 20.5. The standard InChI is InChI=1S/C21H31N7O.HI/c1-15-19(16(2)27(4)26-15)14-24-20(22-3)23-13-17-8-7-9-18(12-17)25-21(29)28-10-5-6-11-28;/h7-9,12H,5-6,10-11,13-14H2,1-4H3,(H,25,29)(H2,22,23,24);1H. The van der Waals surface area contributed by atoms with Crippen LogP contribution in [0.15, 0.2) is 29.3 Å². The molecular formula is C21H32IN7O. The first-order chi connectivity index (χ1) is 14.0. The van der Waals surface area contributed by atoms with Crippen molar-refractivity contribution in [1.29, 1.82) is 0 Å². The number of carbonyl (C=O) groups is 1. The van der Waals surface area contributed by atoms with Gasteiger partial charge in [-0.15, -0.1) is 24.0 Å². The third-order valence-electron chi connectivity index (χ3n) is 5.35. The average Bonchev–Trinajstić information content (AvgIpc) is 3.32. The fourth-order valence-corrected chi connectivity index (χ4v) is 3.53. The van der Waals surface area contributed by atoms with Crippen LogP contribution in [0, 0.1) is 13.8 Å². The van der Waals surface area contributed by atoms with E-state index >= 15 is 0 Å². The van der Waals surface area contributed by atoms with Gasteiger partial charge in [-0.05, 0) is 44.4 Å². The highest BCUT2D eigenvalue weighted by Gasteiger charge is 2.17. The number of guanidine groups is 1. The molecule has 0 radical (unpaired) electrons. The molecule has 2 heterocycles. The summed E-state index contributed by atoms with van der Waals surface area (Å²) in [6, 6.07) is 7.87. The van der Waals surface area contributed by atoms with Crippen molar-refractivity contribution in [3.05, 3.63) is 46.8 Å². The number of benzene rings is 1. The van der Waals surface area contributed by atoms with Crippen LogP contribution in [-0.2, 0) is 20.1 Å². The van der Waals surface area contributed by atoms with Gasteiger partial charge in [-0.1, -0.05) is 12.1 Å². The lowest BCUT2D eigenvalue weighted by molar-refractivity contribution is 0.222. The number of urea groups is 1. The average molecular weight is 525 g/mol. The number of amides is 2. The van der Waals surface area contributed by atoms with Crippen molar-refractivity contribution in [2.75, 3.05) is 25.5 Å². The van der Waals surface area contributed by atoms with Gasteiger partial charge in [0.1, 0.15) is 0 Å². The minimum absolute atomic E-state index is 0. The Morgan fingerprint density at radius 1 is 1.17 bits per heavy atom.